The van der Waals surface area contributed by atoms with E-state index in [9.17, 15) is 19.0 Å². The second-order valence-electron chi connectivity index (χ2n) is 14.0. The second kappa shape index (κ2) is 39.3. The van der Waals surface area contributed by atoms with Crippen molar-refractivity contribution in [3.05, 3.63) is 0 Å². The zero-order chi connectivity index (χ0) is 35.4. The standard InChI is InChI=1S/C39H77O8P.Na/c1-3-5-7-9-11-13-15-17-19-21-23-25-27-29-31-33-38(40)45-35-37(36-46-48(42,43)44)47-39(41)34-32-30-28-26-24-22-20-18-16-14-12-10-8-6-4-2;/h37H,3-36H2,1-2H3,(H2,42,43,44);/q;+1/p-1/t37-;/m0./s1. The first-order chi connectivity index (χ1) is 23.3. The first-order valence-electron chi connectivity index (χ1n) is 20.3. The minimum Gasteiger partial charge on any atom is -0.756 e. The molecule has 0 heterocycles. The van der Waals surface area contributed by atoms with Crippen LogP contribution < -0.4 is 34.5 Å². The molecule has 0 saturated carbocycles. The van der Waals surface area contributed by atoms with Crippen LogP contribution in [0, 0.1) is 0 Å². The summed E-state index contributed by atoms with van der Waals surface area (Å²) in [4.78, 5) is 44.6. The minimum absolute atomic E-state index is 0. The van der Waals surface area contributed by atoms with Gasteiger partial charge in [-0.25, -0.2) is 0 Å². The van der Waals surface area contributed by atoms with Gasteiger partial charge in [0.2, 0.25) is 0 Å². The molecule has 0 aliphatic heterocycles. The Bertz CT molecular complexity index is 763. The van der Waals surface area contributed by atoms with Crippen LogP contribution >= 0.6 is 7.82 Å². The molecule has 0 aromatic rings. The fourth-order valence-electron chi connectivity index (χ4n) is 6.08. The van der Waals surface area contributed by atoms with Crippen molar-refractivity contribution in [2.24, 2.45) is 0 Å². The summed E-state index contributed by atoms with van der Waals surface area (Å²) in [6.07, 6.45) is 36.5. The molecule has 0 aromatic carbocycles. The van der Waals surface area contributed by atoms with E-state index in [1.165, 1.54) is 148 Å². The maximum absolute atomic E-state index is 12.4. The second-order valence-corrected chi connectivity index (χ2v) is 15.2. The smallest absolute Gasteiger partial charge is 0.756 e. The molecule has 0 saturated heterocycles. The van der Waals surface area contributed by atoms with Crippen molar-refractivity contribution in [3.8, 4) is 0 Å². The quantitative estimate of drug-likeness (QED) is 0.0291. The zero-order valence-electron chi connectivity index (χ0n) is 32.4. The van der Waals surface area contributed by atoms with Gasteiger partial charge in [-0.2, -0.15) is 0 Å². The van der Waals surface area contributed by atoms with Gasteiger partial charge in [-0.05, 0) is 12.8 Å². The Balaban J connectivity index is 0. The van der Waals surface area contributed by atoms with Crippen LogP contribution in [0.2, 0.25) is 0 Å². The van der Waals surface area contributed by atoms with Gasteiger partial charge < -0.3 is 23.8 Å². The number of carbonyl (C=O) groups is 2. The number of ether oxygens (including phenoxy) is 2. The Kier molecular flexibility index (Phi) is 41.0. The topological polar surface area (TPSA) is 122 Å². The molecule has 10 heteroatoms. The molecule has 0 aliphatic carbocycles. The first kappa shape index (κ1) is 51.2. The summed E-state index contributed by atoms with van der Waals surface area (Å²) in [6, 6.07) is 0. The molecule has 0 aromatic heterocycles. The van der Waals surface area contributed by atoms with Crippen LogP contribution in [0.15, 0.2) is 0 Å². The monoisotopic (exact) mass is 727 g/mol. The van der Waals surface area contributed by atoms with Gasteiger partial charge in [-0.15, -0.1) is 0 Å². The van der Waals surface area contributed by atoms with Gasteiger partial charge in [-0.3, -0.25) is 14.2 Å². The molecule has 49 heavy (non-hydrogen) atoms. The molecule has 8 nitrogen and oxygen atoms in total. The van der Waals surface area contributed by atoms with Crippen molar-refractivity contribution in [2.45, 2.75) is 225 Å². The molecular weight excluding hydrogens is 650 g/mol. The third kappa shape index (κ3) is 42.4. The first-order valence-corrected chi connectivity index (χ1v) is 21.8. The molecule has 2 atom stereocenters. The molecule has 0 radical (unpaired) electrons. The van der Waals surface area contributed by atoms with Gasteiger partial charge >= 0.3 is 41.5 Å². The molecule has 0 aliphatic rings. The molecule has 286 valence electrons. The number of carbonyl (C=O) groups excluding carboxylic acids is 2. The van der Waals surface area contributed by atoms with Gasteiger partial charge in [-0.1, -0.05) is 194 Å². The Labute approximate surface area is 324 Å². The SMILES string of the molecule is CCCCCCCCCCCCCCCCCC(=O)OC[C@@H](COP(=O)([O-])O)OC(=O)CCCCCCCCCCCCCCCCC.[Na+]. The minimum atomic E-state index is -4.99. The summed E-state index contributed by atoms with van der Waals surface area (Å²) in [5.41, 5.74) is 0. The summed E-state index contributed by atoms with van der Waals surface area (Å²) in [5.74, 6) is -0.905. The van der Waals surface area contributed by atoms with Crippen molar-refractivity contribution in [2.75, 3.05) is 13.2 Å². The van der Waals surface area contributed by atoms with E-state index in [4.69, 9.17) is 14.4 Å². The summed E-state index contributed by atoms with van der Waals surface area (Å²) in [6.45, 7) is 3.62. The number of unbranched alkanes of at least 4 members (excludes halogenated alkanes) is 28. The number of esters is 2. The third-order valence-corrected chi connectivity index (χ3v) is 9.60. The van der Waals surface area contributed by atoms with Crippen LogP contribution in [0.4, 0.5) is 0 Å². The maximum Gasteiger partial charge on any atom is 1.00 e. The van der Waals surface area contributed by atoms with Crippen LogP contribution in [0.3, 0.4) is 0 Å². The van der Waals surface area contributed by atoms with Crippen LogP contribution in [0.25, 0.3) is 0 Å². The van der Waals surface area contributed by atoms with Gasteiger partial charge in [0.15, 0.2) is 6.10 Å². The summed E-state index contributed by atoms with van der Waals surface area (Å²) >= 11 is 0. The van der Waals surface area contributed by atoms with Crippen LogP contribution in [0.5, 0.6) is 0 Å². The number of rotatable bonds is 38. The Hall–Kier alpha value is 0.0500. The average molecular weight is 727 g/mol. The Morgan fingerprint density at radius 1 is 0.510 bits per heavy atom. The molecule has 0 spiro atoms. The third-order valence-electron chi connectivity index (χ3n) is 9.12. The predicted molar refractivity (Wildman–Crippen MR) is 196 cm³/mol. The molecule has 1 N–H and O–H groups in total. The van der Waals surface area contributed by atoms with Gasteiger partial charge in [0.25, 0.3) is 7.82 Å². The normalized spacial score (nSPS) is 13.1. The number of phosphoric ester groups is 1. The van der Waals surface area contributed by atoms with E-state index >= 15 is 0 Å². The Morgan fingerprint density at radius 2 is 0.796 bits per heavy atom. The molecule has 0 rings (SSSR count). The summed E-state index contributed by atoms with van der Waals surface area (Å²) in [7, 11) is -4.99. The molecule has 0 bridgehead atoms. The van der Waals surface area contributed by atoms with E-state index in [1.807, 2.05) is 0 Å². The van der Waals surface area contributed by atoms with Crippen LogP contribution in [-0.2, 0) is 28.2 Å². The average Bonchev–Trinajstić information content (AvgIpc) is 3.05. The summed E-state index contributed by atoms with van der Waals surface area (Å²) < 4.78 is 26.1. The molecule has 1 unspecified atom stereocenters. The summed E-state index contributed by atoms with van der Waals surface area (Å²) in [5, 5.41) is 0. The fraction of sp³-hybridized carbons (Fsp3) is 0.949. The molecule has 0 fully saturated rings. The maximum atomic E-state index is 12.4. The van der Waals surface area contributed by atoms with Gasteiger partial charge in [0, 0.05) is 12.8 Å². The van der Waals surface area contributed by atoms with E-state index in [2.05, 4.69) is 18.4 Å². The van der Waals surface area contributed by atoms with Gasteiger partial charge in [0.1, 0.15) is 6.61 Å². The Morgan fingerprint density at radius 3 is 1.10 bits per heavy atom. The fourth-order valence-corrected chi connectivity index (χ4v) is 6.43. The van der Waals surface area contributed by atoms with Crippen molar-refractivity contribution in [3.63, 3.8) is 0 Å². The van der Waals surface area contributed by atoms with Crippen LogP contribution in [0.1, 0.15) is 219 Å². The number of hydrogen-bond donors (Lipinski definition) is 1. The van der Waals surface area contributed by atoms with E-state index in [0.717, 1.165) is 38.5 Å². The van der Waals surface area contributed by atoms with Crippen molar-refractivity contribution >= 4 is 19.8 Å². The van der Waals surface area contributed by atoms with E-state index < -0.39 is 32.5 Å². The van der Waals surface area contributed by atoms with E-state index in [-0.39, 0.29) is 49.0 Å². The largest absolute Gasteiger partial charge is 1.00 e. The van der Waals surface area contributed by atoms with Gasteiger partial charge in [0.05, 0.1) is 6.61 Å². The zero-order valence-corrected chi connectivity index (χ0v) is 35.3. The van der Waals surface area contributed by atoms with Crippen molar-refractivity contribution < 1.29 is 67.5 Å². The van der Waals surface area contributed by atoms with Crippen LogP contribution in [-0.4, -0.2) is 36.1 Å². The number of hydrogen-bond acceptors (Lipinski definition) is 7. The van der Waals surface area contributed by atoms with E-state index in [1.54, 1.807) is 0 Å². The molecular formula is C39H76NaO8P. The van der Waals surface area contributed by atoms with Crippen molar-refractivity contribution in [1.29, 1.82) is 0 Å². The number of phosphoric acid groups is 1. The molecule has 0 amide bonds. The van der Waals surface area contributed by atoms with Crippen molar-refractivity contribution in [1.82, 2.24) is 0 Å². The van der Waals surface area contributed by atoms with E-state index in [0.29, 0.717) is 6.42 Å². The predicted octanol–water partition coefficient (Wildman–Crippen LogP) is 8.45.